The quantitative estimate of drug-likeness (QED) is 0.490. The maximum Gasteiger partial charge on any atom is 0.143 e. The molecular formula is C13H14N6S. The smallest absolute Gasteiger partial charge is 0.143 e. The van der Waals surface area contributed by atoms with Gasteiger partial charge in [0.25, 0.3) is 0 Å². The second-order valence-electron chi connectivity index (χ2n) is 4.29. The first-order valence-corrected chi connectivity index (χ1v) is 7.06. The van der Waals surface area contributed by atoms with Crippen molar-refractivity contribution in [2.24, 2.45) is 5.84 Å². The van der Waals surface area contributed by atoms with Crippen LogP contribution in [0.2, 0.25) is 0 Å². The molecule has 0 radical (unpaired) electrons. The molecule has 3 aromatic rings. The standard InChI is InChI=1S/C13H14N6S/c14-18-10(13-15-8-16-19-13)6-12-17-11(7-20-12)9-4-2-1-3-5-9/h1-5,7-8,10,18H,6,14H2,(H,15,16,19). The molecule has 7 heteroatoms. The third-order valence-electron chi connectivity index (χ3n) is 2.96. The largest absolute Gasteiger partial charge is 0.271 e. The molecule has 0 aliphatic carbocycles. The van der Waals surface area contributed by atoms with Crippen LogP contribution in [0.15, 0.2) is 42.0 Å². The summed E-state index contributed by atoms with van der Waals surface area (Å²) in [5.41, 5.74) is 4.84. The highest BCUT2D eigenvalue weighted by Crippen LogP contribution is 2.24. The van der Waals surface area contributed by atoms with Gasteiger partial charge in [-0.25, -0.2) is 15.4 Å². The molecule has 0 aliphatic heterocycles. The second kappa shape index (κ2) is 5.91. The number of nitrogens with one attached hydrogen (secondary N) is 2. The molecule has 0 saturated carbocycles. The number of benzene rings is 1. The Morgan fingerprint density at radius 3 is 2.85 bits per heavy atom. The minimum atomic E-state index is -0.118. The van der Waals surface area contributed by atoms with E-state index in [1.165, 1.54) is 6.33 Å². The summed E-state index contributed by atoms with van der Waals surface area (Å²) < 4.78 is 0. The van der Waals surface area contributed by atoms with Crippen molar-refractivity contribution in [3.63, 3.8) is 0 Å². The molecule has 0 aliphatic rings. The monoisotopic (exact) mass is 286 g/mol. The number of aromatic nitrogens is 4. The van der Waals surface area contributed by atoms with Gasteiger partial charge >= 0.3 is 0 Å². The maximum absolute atomic E-state index is 5.57. The average Bonchev–Trinajstić information content (AvgIpc) is 3.17. The summed E-state index contributed by atoms with van der Waals surface area (Å²) in [7, 11) is 0. The van der Waals surface area contributed by atoms with Crippen LogP contribution in [-0.4, -0.2) is 20.2 Å². The van der Waals surface area contributed by atoms with E-state index in [4.69, 9.17) is 5.84 Å². The lowest BCUT2D eigenvalue weighted by Gasteiger charge is -2.10. The summed E-state index contributed by atoms with van der Waals surface area (Å²) in [6, 6.07) is 9.99. The number of hydrogen-bond donors (Lipinski definition) is 3. The van der Waals surface area contributed by atoms with E-state index >= 15 is 0 Å². The summed E-state index contributed by atoms with van der Waals surface area (Å²) in [4.78, 5) is 8.76. The number of hydrazine groups is 1. The van der Waals surface area contributed by atoms with Crippen LogP contribution < -0.4 is 11.3 Å². The van der Waals surface area contributed by atoms with Crippen LogP contribution in [0, 0.1) is 0 Å². The lowest BCUT2D eigenvalue weighted by molar-refractivity contribution is 0.524. The number of aromatic amines is 1. The molecule has 0 amide bonds. The molecule has 3 rings (SSSR count). The molecule has 1 atom stereocenters. The van der Waals surface area contributed by atoms with Crippen molar-refractivity contribution in [2.75, 3.05) is 0 Å². The van der Waals surface area contributed by atoms with Crippen molar-refractivity contribution in [3.8, 4) is 11.3 Å². The van der Waals surface area contributed by atoms with E-state index in [2.05, 4.69) is 31.0 Å². The lowest BCUT2D eigenvalue weighted by Crippen LogP contribution is -2.30. The van der Waals surface area contributed by atoms with Gasteiger partial charge in [-0.3, -0.25) is 10.9 Å². The molecule has 0 bridgehead atoms. The van der Waals surface area contributed by atoms with Gasteiger partial charge < -0.3 is 0 Å². The lowest BCUT2D eigenvalue weighted by atomic mass is 10.2. The zero-order chi connectivity index (χ0) is 13.8. The summed E-state index contributed by atoms with van der Waals surface area (Å²) in [6.45, 7) is 0. The van der Waals surface area contributed by atoms with Crippen molar-refractivity contribution in [1.29, 1.82) is 0 Å². The van der Waals surface area contributed by atoms with Crippen LogP contribution in [0.5, 0.6) is 0 Å². The molecule has 2 aromatic heterocycles. The van der Waals surface area contributed by atoms with Gasteiger partial charge in [-0.2, -0.15) is 5.10 Å². The van der Waals surface area contributed by atoms with Crippen LogP contribution in [0.1, 0.15) is 16.9 Å². The molecule has 20 heavy (non-hydrogen) atoms. The van der Waals surface area contributed by atoms with Crippen molar-refractivity contribution in [2.45, 2.75) is 12.5 Å². The first kappa shape index (κ1) is 12.9. The Hall–Kier alpha value is -2.09. The predicted octanol–water partition coefficient (Wildman–Crippen LogP) is 1.68. The Morgan fingerprint density at radius 1 is 1.30 bits per heavy atom. The highest BCUT2D eigenvalue weighted by molar-refractivity contribution is 7.09. The zero-order valence-electron chi connectivity index (χ0n) is 10.7. The first-order chi connectivity index (χ1) is 9.86. The van der Waals surface area contributed by atoms with Gasteiger partial charge in [-0.15, -0.1) is 11.3 Å². The number of rotatable bonds is 5. The number of nitrogens with two attached hydrogens (primary N) is 1. The molecule has 0 fully saturated rings. The van der Waals surface area contributed by atoms with Crippen molar-refractivity contribution in [3.05, 3.63) is 52.9 Å². The Morgan fingerprint density at radius 2 is 2.15 bits per heavy atom. The fraction of sp³-hybridized carbons (Fsp3) is 0.154. The van der Waals surface area contributed by atoms with Crippen LogP contribution in [0.25, 0.3) is 11.3 Å². The van der Waals surface area contributed by atoms with Crippen LogP contribution >= 0.6 is 11.3 Å². The highest BCUT2D eigenvalue weighted by Gasteiger charge is 2.15. The van der Waals surface area contributed by atoms with E-state index in [0.717, 1.165) is 16.3 Å². The zero-order valence-corrected chi connectivity index (χ0v) is 11.5. The van der Waals surface area contributed by atoms with Gasteiger partial charge in [-0.05, 0) is 0 Å². The van der Waals surface area contributed by atoms with E-state index in [9.17, 15) is 0 Å². The number of nitrogens with zero attached hydrogens (tertiary/aromatic N) is 3. The minimum absolute atomic E-state index is 0.118. The predicted molar refractivity (Wildman–Crippen MR) is 77.7 cm³/mol. The van der Waals surface area contributed by atoms with Gasteiger partial charge in [0, 0.05) is 17.4 Å². The third-order valence-corrected chi connectivity index (χ3v) is 3.84. The van der Waals surface area contributed by atoms with E-state index < -0.39 is 0 Å². The van der Waals surface area contributed by atoms with E-state index in [0.29, 0.717) is 12.2 Å². The van der Waals surface area contributed by atoms with Gasteiger partial charge in [0.1, 0.15) is 12.2 Å². The third kappa shape index (κ3) is 2.74. The number of thiazole rings is 1. The Bertz CT molecular complexity index is 649. The maximum atomic E-state index is 5.57. The van der Waals surface area contributed by atoms with Crippen LogP contribution in [-0.2, 0) is 6.42 Å². The highest BCUT2D eigenvalue weighted by atomic mass is 32.1. The first-order valence-electron chi connectivity index (χ1n) is 6.18. The van der Waals surface area contributed by atoms with Crippen LogP contribution in [0.4, 0.5) is 0 Å². The topological polar surface area (TPSA) is 92.5 Å². The van der Waals surface area contributed by atoms with Crippen molar-refractivity contribution < 1.29 is 0 Å². The fourth-order valence-corrected chi connectivity index (χ4v) is 2.79. The molecule has 0 saturated heterocycles. The van der Waals surface area contributed by atoms with Gasteiger partial charge in [0.2, 0.25) is 0 Å². The average molecular weight is 286 g/mol. The van der Waals surface area contributed by atoms with E-state index in [1.54, 1.807) is 11.3 Å². The van der Waals surface area contributed by atoms with E-state index in [1.807, 2.05) is 30.3 Å². The molecule has 102 valence electrons. The normalized spacial score (nSPS) is 12.4. The molecular weight excluding hydrogens is 272 g/mol. The SMILES string of the molecule is NNC(Cc1nc(-c2ccccc2)cs1)c1ncn[nH]1. The van der Waals surface area contributed by atoms with Gasteiger partial charge in [-0.1, -0.05) is 30.3 Å². The molecule has 4 N–H and O–H groups in total. The fourth-order valence-electron chi connectivity index (χ4n) is 1.94. The molecule has 1 aromatic carbocycles. The van der Waals surface area contributed by atoms with Crippen molar-refractivity contribution >= 4 is 11.3 Å². The molecule has 2 heterocycles. The second-order valence-corrected chi connectivity index (χ2v) is 5.23. The summed E-state index contributed by atoms with van der Waals surface area (Å²) in [5, 5.41) is 9.71. The summed E-state index contributed by atoms with van der Waals surface area (Å²) in [5.74, 6) is 6.28. The summed E-state index contributed by atoms with van der Waals surface area (Å²) in [6.07, 6.45) is 2.14. The van der Waals surface area contributed by atoms with Gasteiger partial charge in [0.15, 0.2) is 0 Å². The summed E-state index contributed by atoms with van der Waals surface area (Å²) >= 11 is 1.62. The minimum Gasteiger partial charge on any atom is -0.271 e. The van der Waals surface area contributed by atoms with Crippen molar-refractivity contribution in [1.82, 2.24) is 25.6 Å². The Kier molecular flexibility index (Phi) is 3.82. The molecule has 0 spiro atoms. The number of hydrogen-bond acceptors (Lipinski definition) is 6. The molecule has 1 unspecified atom stereocenters. The molecule has 6 nitrogen and oxygen atoms in total. The van der Waals surface area contributed by atoms with Crippen LogP contribution in [0.3, 0.4) is 0 Å². The van der Waals surface area contributed by atoms with E-state index in [-0.39, 0.29) is 6.04 Å². The van der Waals surface area contributed by atoms with Gasteiger partial charge in [0.05, 0.1) is 16.7 Å². The Labute approximate surface area is 120 Å². The number of H-pyrrole nitrogens is 1. The Balaban J connectivity index is 1.77.